The molecule has 0 spiro atoms. The van der Waals surface area contributed by atoms with Gasteiger partial charge in [-0.2, -0.15) is 0 Å². The van der Waals surface area contributed by atoms with E-state index in [4.69, 9.17) is 20.3 Å². The molecule has 0 bridgehead atoms. The summed E-state index contributed by atoms with van der Waals surface area (Å²) in [6.07, 6.45) is 10.2. The molecule has 2 aliphatic rings. The first-order valence-corrected chi connectivity index (χ1v) is 23.1. The largest absolute Gasteiger partial charge is 0.461 e. The highest BCUT2D eigenvalue weighted by atomic mass is 16.3. The Labute approximate surface area is 406 Å². The van der Waals surface area contributed by atoms with Crippen LogP contribution < -0.4 is 16.4 Å². The van der Waals surface area contributed by atoms with Crippen LogP contribution in [0.15, 0.2) is 161 Å². The van der Waals surface area contributed by atoms with Crippen LogP contribution in [-0.2, 0) is 6.54 Å². The number of rotatable bonds is 9. The van der Waals surface area contributed by atoms with Crippen molar-refractivity contribution < 1.29 is 18.4 Å². The number of aromatic nitrogens is 9. The van der Waals surface area contributed by atoms with E-state index < -0.39 is 0 Å². The Bertz CT molecular complexity index is 3450. The van der Waals surface area contributed by atoms with Crippen molar-refractivity contribution in [3.63, 3.8) is 0 Å². The average Bonchev–Trinajstić information content (AvgIpc) is 4.28. The third-order valence-corrected chi connectivity index (χ3v) is 12.5. The molecule has 0 radical (unpaired) electrons. The highest BCUT2D eigenvalue weighted by Gasteiger charge is 2.25. The van der Waals surface area contributed by atoms with E-state index >= 15 is 0 Å². The Kier molecular flexibility index (Phi) is 12.1. The Morgan fingerprint density at radius 3 is 1.54 bits per heavy atom. The Balaban J connectivity index is 0.000000154. The van der Waals surface area contributed by atoms with Gasteiger partial charge in [-0.25, -0.2) is 29.0 Å². The van der Waals surface area contributed by atoms with E-state index in [1.54, 1.807) is 70.6 Å². The number of amides is 2. The molecular weight excluding hydrogens is 899 g/mol. The SMILES string of the molecule is Nc1nc(-c2cccc(C(=O)N3CCN(Cc4ccccc4)CC3)c2)cn2nc(-c3ccco3)nc12.Nc1nc(-c2cccc(C(=O)N3CCN(c4ccncc4)CC3)c2)cn2nc(-c3ccco3)nc12. The van der Waals surface area contributed by atoms with Crippen LogP contribution in [0.5, 0.6) is 0 Å². The molecule has 71 heavy (non-hydrogen) atoms. The second-order valence-electron chi connectivity index (χ2n) is 17.1. The summed E-state index contributed by atoms with van der Waals surface area (Å²) < 4.78 is 14.0. The summed E-state index contributed by atoms with van der Waals surface area (Å²) in [5.41, 5.74) is 19.7. The van der Waals surface area contributed by atoms with Gasteiger partial charge in [-0.1, -0.05) is 54.6 Å². The van der Waals surface area contributed by atoms with Gasteiger partial charge in [0, 0.05) is 99.2 Å². The van der Waals surface area contributed by atoms with Crippen LogP contribution in [0.4, 0.5) is 17.3 Å². The third-order valence-electron chi connectivity index (χ3n) is 12.5. The van der Waals surface area contributed by atoms with E-state index in [9.17, 15) is 9.59 Å². The minimum absolute atomic E-state index is 0.00357. The van der Waals surface area contributed by atoms with Crippen LogP contribution in [-0.4, -0.2) is 123 Å². The number of benzene rings is 3. The lowest BCUT2D eigenvalue weighted by molar-refractivity contribution is 0.0628. The molecule has 19 nitrogen and oxygen atoms in total. The number of pyridine rings is 1. The minimum atomic E-state index is -0.00357. The van der Waals surface area contributed by atoms with E-state index in [1.807, 2.05) is 76.5 Å². The summed E-state index contributed by atoms with van der Waals surface area (Å²) in [5.74, 6) is 2.47. The number of fused-ring (bicyclic) bond motifs is 2. The first-order valence-electron chi connectivity index (χ1n) is 23.1. The molecule has 4 N–H and O–H groups in total. The molecule has 2 saturated heterocycles. The molecule has 9 heterocycles. The third kappa shape index (κ3) is 9.48. The lowest BCUT2D eigenvalue weighted by atomic mass is 10.1. The van der Waals surface area contributed by atoms with Gasteiger partial charge in [0.1, 0.15) is 0 Å². The minimum Gasteiger partial charge on any atom is -0.461 e. The molecule has 7 aromatic heterocycles. The molecule has 2 amide bonds. The fourth-order valence-electron chi connectivity index (χ4n) is 8.78. The molecule has 12 rings (SSSR count). The Morgan fingerprint density at radius 1 is 0.535 bits per heavy atom. The van der Waals surface area contributed by atoms with Crippen LogP contribution in [0, 0.1) is 0 Å². The van der Waals surface area contributed by atoms with Gasteiger partial charge in [0.05, 0.1) is 36.3 Å². The maximum absolute atomic E-state index is 13.3. The first-order chi connectivity index (χ1) is 34.8. The predicted molar refractivity (Wildman–Crippen MR) is 267 cm³/mol. The van der Waals surface area contributed by atoms with Crippen LogP contribution in [0.3, 0.4) is 0 Å². The molecule has 0 aliphatic carbocycles. The van der Waals surface area contributed by atoms with Crippen molar-refractivity contribution in [2.24, 2.45) is 0 Å². The number of nitrogens with zero attached hydrogens (tertiary/aromatic N) is 13. The summed E-state index contributed by atoms with van der Waals surface area (Å²) in [6.45, 7) is 6.83. The van der Waals surface area contributed by atoms with Crippen LogP contribution in [0.2, 0.25) is 0 Å². The number of nitrogens with two attached hydrogens (primary N) is 2. The normalized spacial score (nSPS) is 14.2. The van der Waals surface area contributed by atoms with Crippen molar-refractivity contribution in [2.75, 3.05) is 68.7 Å². The molecular formula is C52H47N15O4. The lowest BCUT2D eigenvalue weighted by Crippen LogP contribution is -2.48. The number of anilines is 3. The number of furan rings is 2. The van der Waals surface area contributed by atoms with E-state index in [0.29, 0.717) is 83.2 Å². The van der Waals surface area contributed by atoms with Gasteiger partial charge < -0.3 is 35.0 Å². The highest BCUT2D eigenvalue weighted by molar-refractivity contribution is 5.96. The summed E-state index contributed by atoms with van der Waals surface area (Å²) in [7, 11) is 0. The summed E-state index contributed by atoms with van der Waals surface area (Å²) in [6, 6.07) is 36.4. The van der Waals surface area contributed by atoms with E-state index in [2.05, 4.69) is 69.2 Å². The number of carbonyl (C=O) groups excluding carboxylic acids is 2. The fourth-order valence-corrected chi connectivity index (χ4v) is 8.78. The number of nitrogen functional groups attached to an aromatic ring is 2. The maximum Gasteiger partial charge on any atom is 0.253 e. The average molecular weight is 946 g/mol. The van der Waals surface area contributed by atoms with Gasteiger partial charge in [-0.15, -0.1) is 10.2 Å². The van der Waals surface area contributed by atoms with Gasteiger partial charge in [-0.3, -0.25) is 19.5 Å². The zero-order valence-electron chi connectivity index (χ0n) is 38.4. The lowest BCUT2D eigenvalue weighted by Gasteiger charge is -2.36. The summed E-state index contributed by atoms with van der Waals surface area (Å²) >= 11 is 0. The monoisotopic (exact) mass is 945 g/mol. The van der Waals surface area contributed by atoms with E-state index in [1.165, 1.54) is 5.56 Å². The molecule has 2 fully saturated rings. The Hall–Kier alpha value is -9.23. The Morgan fingerprint density at radius 2 is 1.04 bits per heavy atom. The quantitative estimate of drug-likeness (QED) is 0.156. The van der Waals surface area contributed by atoms with Gasteiger partial charge in [-0.05, 0) is 66.2 Å². The van der Waals surface area contributed by atoms with Crippen LogP contribution >= 0.6 is 0 Å². The number of hydrogen-bond donors (Lipinski definition) is 2. The summed E-state index contributed by atoms with van der Waals surface area (Å²) in [5, 5.41) is 8.96. The first kappa shape index (κ1) is 44.3. The van der Waals surface area contributed by atoms with Crippen molar-refractivity contribution in [1.29, 1.82) is 0 Å². The second-order valence-corrected chi connectivity index (χ2v) is 17.1. The number of piperazine rings is 2. The van der Waals surface area contributed by atoms with Gasteiger partial charge in [0.25, 0.3) is 11.8 Å². The van der Waals surface area contributed by atoms with Crippen molar-refractivity contribution >= 4 is 40.4 Å². The zero-order valence-corrected chi connectivity index (χ0v) is 38.4. The highest BCUT2D eigenvalue weighted by Crippen LogP contribution is 2.27. The zero-order chi connectivity index (χ0) is 48.3. The van der Waals surface area contributed by atoms with Crippen molar-refractivity contribution in [3.8, 4) is 45.7 Å². The van der Waals surface area contributed by atoms with Crippen LogP contribution in [0.25, 0.3) is 57.0 Å². The molecule has 10 aromatic rings. The number of hydrogen-bond acceptors (Lipinski definition) is 15. The molecule has 0 unspecified atom stereocenters. The van der Waals surface area contributed by atoms with Crippen molar-refractivity contribution in [3.05, 3.63) is 169 Å². The van der Waals surface area contributed by atoms with Gasteiger partial charge in [0.15, 0.2) is 34.5 Å². The molecule has 0 saturated carbocycles. The van der Waals surface area contributed by atoms with Gasteiger partial charge in [0.2, 0.25) is 11.6 Å². The van der Waals surface area contributed by atoms with E-state index in [-0.39, 0.29) is 23.5 Å². The number of carbonyl (C=O) groups is 2. The predicted octanol–water partition coefficient (Wildman–Crippen LogP) is 6.58. The molecule has 354 valence electrons. The topological polar surface area (TPSA) is 224 Å². The summed E-state index contributed by atoms with van der Waals surface area (Å²) in [4.78, 5) is 57.0. The molecule has 3 aromatic carbocycles. The maximum atomic E-state index is 13.3. The smallest absolute Gasteiger partial charge is 0.253 e. The van der Waals surface area contributed by atoms with Crippen molar-refractivity contribution in [2.45, 2.75) is 6.54 Å². The van der Waals surface area contributed by atoms with Gasteiger partial charge >= 0.3 is 0 Å². The molecule has 2 aliphatic heterocycles. The molecule has 0 atom stereocenters. The van der Waals surface area contributed by atoms with Crippen LogP contribution in [0.1, 0.15) is 26.3 Å². The fraction of sp³-hybridized carbons (Fsp3) is 0.173. The van der Waals surface area contributed by atoms with E-state index in [0.717, 1.165) is 49.5 Å². The molecule has 19 heteroatoms. The standard InChI is InChI=1S/C27H25N7O2.C25H22N8O2/c28-24-26-30-25(23-10-5-15-36-23)31-34(26)18-22(29-24)20-8-4-9-21(16-20)27(35)33-13-11-32(12-14-33)17-19-6-2-1-3-7-19;26-22-24-29-23(21-5-2-14-35-21)30-33(24)16-20(28-22)17-3-1-4-18(15-17)25(34)32-12-10-31(11-13-32)19-6-8-27-9-7-19/h1-10,15-16,18H,11-14,17H2,(H2,28,29);1-9,14-16H,10-13H2,(H2,26,28). The second kappa shape index (κ2) is 19.4. The van der Waals surface area contributed by atoms with Crippen molar-refractivity contribution in [1.82, 2.24) is 58.8 Å².